The number of amides is 2. The number of hydrogen-bond donors (Lipinski definition) is 3. The van der Waals surface area contributed by atoms with Crippen molar-refractivity contribution in [2.75, 3.05) is 13.1 Å². The van der Waals surface area contributed by atoms with Gasteiger partial charge >= 0.3 is 0 Å². The first-order chi connectivity index (χ1) is 12.1. The summed E-state index contributed by atoms with van der Waals surface area (Å²) in [4.78, 5) is 33.6. The van der Waals surface area contributed by atoms with Crippen molar-refractivity contribution in [1.82, 2.24) is 25.5 Å². The molecule has 7 nitrogen and oxygen atoms in total. The molecule has 0 unspecified atom stereocenters. The summed E-state index contributed by atoms with van der Waals surface area (Å²) in [7, 11) is 0. The summed E-state index contributed by atoms with van der Waals surface area (Å²) in [6.45, 7) is 3.55. The minimum absolute atomic E-state index is 0.107. The lowest BCUT2D eigenvalue weighted by molar-refractivity contribution is -0.128. The number of H-pyrrole nitrogens is 1. The Morgan fingerprint density at radius 3 is 2.60 bits per heavy atom. The molecule has 25 heavy (non-hydrogen) atoms. The lowest BCUT2D eigenvalue weighted by Crippen LogP contribution is -2.53. The van der Waals surface area contributed by atoms with Gasteiger partial charge in [0.1, 0.15) is 6.04 Å². The van der Waals surface area contributed by atoms with Crippen LogP contribution in [0.3, 0.4) is 0 Å². The van der Waals surface area contributed by atoms with Gasteiger partial charge in [-0.3, -0.25) is 9.59 Å². The normalized spacial score (nSPS) is 21.2. The number of likely N-dealkylation sites (tertiary alicyclic amines) is 1. The van der Waals surface area contributed by atoms with E-state index in [9.17, 15) is 9.59 Å². The molecule has 0 spiro atoms. The molecule has 138 valence electrons. The molecule has 1 aliphatic heterocycles. The third-order valence-corrected chi connectivity index (χ3v) is 5.39. The molecule has 1 aliphatic carbocycles. The lowest BCUT2D eigenvalue weighted by Gasteiger charge is -2.36. The summed E-state index contributed by atoms with van der Waals surface area (Å²) in [6, 6.07) is 0.387. The molecule has 1 saturated carbocycles. The highest BCUT2D eigenvalue weighted by atomic mass is 16.2. The van der Waals surface area contributed by atoms with E-state index in [0.717, 1.165) is 37.7 Å². The summed E-state index contributed by atoms with van der Waals surface area (Å²) >= 11 is 0. The maximum absolute atomic E-state index is 12.6. The molecule has 7 heteroatoms. The highest BCUT2D eigenvalue weighted by Crippen LogP contribution is 2.26. The Kier molecular flexibility index (Phi) is 6.07. The lowest BCUT2D eigenvalue weighted by atomic mass is 10.0. The third kappa shape index (κ3) is 5.04. The van der Waals surface area contributed by atoms with Gasteiger partial charge in [0, 0.05) is 50.4 Å². The second-order valence-electron chi connectivity index (χ2n) is 7.29. The predicted molar refractivity (Wildman–Crippen MR) is 94.9 cm³/mol. The van der Waals surface area contributed by atoms with Gasteiger partial charge in [0.15, 0.2) is 0 Å². The molecule has 3 rings (SSSR count). The van der Waals surface area contributed by atoms with Crippen LogP contribution in [-0.4, -0.2) is 57.9 Å². The van der Waals surface area contributed by atoms with Gasteiger partial charge in [-0.15, -0.1) is 0 Å². The van der Waals surface area contributed by atoms with Gasteiger partial charge in [-0.05, 0) is 25.7 Å². The molecule has 0 aromatic carbocycles. The van der Waals surface area contributed by atoms with Crippen molar-refractivity contribution < 1.29 is 9.59 Å². The van der Waals surface area contributed by atoms with Crippen molar-refractivity contribution in [2.24, 2.45) is 0 Å². The number of nitrogens with one attached hydrogen (secondary N) is 3. The molecule has 2 aliphatic rings. The van der Waals surface area contributed by atoms with Crippen LogP contribution in [0, 0.1) is 0 Å². The molecule has 3 N–H and O–H groups in total. The Morgan fingerprint density at radius 1 is 1.28 bits per heavy atom. The number of carbonyl (C=O) groups is 2. The van der Waals surface area contributed by atoms with Crippen LogP contribution in [0.25, 0.3) is 0 Å². The van der Waals surface area contributed by atoms with Gasteiger partial charge in [-0.2, -0.15) is 0 Å². The van der Waals surface area contributed by atoms with Gasteiger partial charge in [0.05, 0.1) is 6.33 Å². The topological polar surface area (TPSA) is 90.1 Å². The molecule has 2 amide bonds. The zero-order chi connectivity index (χ0) is 17.6. The van der Waals surface area contributed by atoms with E-state index in [0.29, 0.717) is 6.42 Å². The fraction of sp³-hybridized carbons (Fsp3) is 0.722. The first-order valence-corrected chi connectivity index (χ1v) is 9.40. The van der Waals surface area contributed by atoms with Gasteiger partial charge in [-0.1, -0.05) is 12.8 Å². The summed E-state index contributed by atoms with van der Waals surface area (Å²) in [5.74, 6) is -0.306. The third-order valence-electron chi connectivity index (χ3n) is 5.39. The Labute approximate surface area is 149 Å². The van der Waals surface area contributed by atoms with Crippen LogP contribution in [0.1, 0.15) is 51.1 Å². The van der Waals surface area contributed by atoms with Crippen molar-refractivity contribution in [3.05, 3.63) is 18.2 Å². The molecule has 1 atom stereocenters. The number of nitrogens with zero attached hydrogens (tertiary/aromatic N) is 2. The van der Waals surface area contributed by atoms with E-state index in [1.54, 1.807) is 12.5 Å². The first-order valence-electron chi connectivity index (χ1n) is 9.40. The minimum Gasteiger partial charge on any atom is -0.351 e. The van der Waals surface area contributed by atoms with Crippen LogP contribution in [-0.2, 0) is 16.0 Å². The molecule has 2 heterocycles. The number of aromatic amines is 1. The van der Waals surface area contributed by atoms with E-state index in [1.165, 1.54) is 32.6 Å². The van der Waals surface area contributed by atoms with Crippen LogP contribution in [0.4, 0.5) is 0 Å². The van der Waals surface area contributed by atoms with Gasteiger partial charge in [0.2, 0.25) is 11.8 Å². The van der Waals surface area contributed by atoms with E-state index in [-0.39, 0.29) is 17.9 Å². The summed E-state index contributed by atoms with van der Waals surface area (Å²) in [5.41, 5.74) is 0.838. The molecular formula is C18H29N5O2. The van der Waals surface area contributed by atoms with E-state index in [4.69, 9.17) is 0 Å². The average Bonchev–Trinajstić information content (AvgIpc) is 3.28. The fourth-order valence-electron chi connectivity index (χ4n) is 4.05. The van der Waals surface area contributed by atoms with Crippen molar-refractivity contribution in [3.63, 3.8) is 0 Å². The number of carbonyl (C=O) groups excluding carboxylic acids is 2. The van der Waals surface area contributed by atoms with Crippen molar-refractivity contribution >= 4 is 11.8 Å². The Morgan fingerprint density at radius 2 is 2.00 bits per heavy atom. The fourth-order valence-corrected chi connectivity index (χ4v) is 4.05. The van der Waals surface area contributed by atoms with E-state index in [2.05, 4.69) is 25.5 Å². The van der Waals surface area contributed by atoms with Gasteiger partial charge in [-0.25, -0.2) is 4.98 Å². The standard InChI is InChI=1S/C18H29N5O2/c1-13(24)21-17(10-15-11-19-12-20-15)18(25)22-14-6-8-23(9-7-14)16-4-2-3-5-16/h11-12,14,16-17H,2-10H2,1H3,(H,19,20)(H,21,24)(H,22,25)/t17-/m0/s1. The molecule has 0 bridgehead atoms. The van der Waals surface area contributed by atoms with Crippen LogP contribution in [0.15, 0.2) is 12.5 Å². The maximum atomic E-state index is 12.6. The molecule has 1 saturated heterocycles. The summed E-state index contributed by atoms with van der Waals surface area (Å²) < 4.78 is 0. The molecule has 0 radical (unpaired) electrons. The second-order valence-corrected chi connectivity index (χ2v) is 7.29. The van der Waals surface area contributed by atoms with Gasteiger partial charge < -0.3 is 20.5 Å². The van der Waals surface area contributed by atoms with Gasteiger partial charge in [0.25, 0.3) is 0 Å². The Hall–Kier alpha value is -1.89. The Balaban J connectivity index is 1.49. The van der Waals surface area contributed by atoms with Crippen molar-refractivity contribution in [2.45, 2.75) is 70.0 Å². The highest BCUT2D eigenvalue weighted by Gasteiger charge is 2.29. The second kappa shape index (κ2) is 8.47. The SMILES string of the molecule is CC(=O)N[C@@H](Cc1cnc[nH]1)C(=O)NC1CCN(C2CCCC2)CC1. The maximum Gasteiger partial charge on any atom is 0.243 e. The Bertz CT molecular complexity index is 560. The largest absolute Gasteiger partial charge is 0.351 e. The van der Waals surface area contributed by atoms with Crippen molar-refractivity contribution in [3.8, 4) is 0 Å². The summed E-state index contributed by atoms with van der Waals surface area (Å²) in [5, 5.41) is 5.89. The molecule has 1 aromatic rings. The molecular weight excluding hydrogens is 318 g/mol. The van der Waals surface area contributed by atoms with Crippen LogP contribution < -0.4 is 10.6 Å². The van der Waals surface area contributed by atoms with Crippen molar-refractivity contribution in [1.29, 1.82) is 0 Å². The van der Waals surface area contributed by atoms with E-state index < -0.39 is 6.04 Å². The zero-order valence-corrected chi connectivity index (χ0v) is 15.0. The number of rotatable bonds is 6. The first kappa shape index (κ1) is 17.9. The van der Waals surface area contributed by atoms with Crippen LogP contribution in [0.2, 0.25) is 0 Å². The van der Waals surface area contributed by atoms with E-state index in [1.807, 2.05) is 0 Å². The summed E-state index contributed by atoms with van der Waals surface area (Å²) in [6.07, 6.45) is 11.0. The average molecular weight is 347 g/mol. The number of piperidine rings is 1. The molecule has 2 fully saturated rings. The monoisotopic (exact) mass is 347 g/mol. The van der Waals surface area contributed by atoms with Crippen LogP contribution in [0.5, 0.6) is 0 Å². The number of hydrogen-bond acceptors (Lipinski definition) is 4. The molecule has 1 aromatic heterocycles. The highest BCUT2D eigenvalue weighted by molar-refractivity contribution is 5.87. The predicted octanol–water partition coefficient (Wildman–Crippen LogP) is 0.980. The van der Waals surface area contributed by atoms with Crippen LogP contribution >= 0.6 is 0 Å². The quantitative estimate of drug-likeness (QED) is 0.715. The minimum atomic E-state index is -0.564. The number of aromatic nitrogens is 2. The zero-order valence-electron chi connectivity index (χ0n) is 15.0. The number of imidazole rings is 1. The smallest absolute Gasteiger partial charge is 0.243 e. The van der Waals surface area contributed by atoms with E-state index >= 15 is 0 Å².